The van der Waals surface area contributed by atoms with Crippen LogP contribution in [0.1, 0.15) is 12.0 Å². The molecule has 2 aliphatic rings. The Balaban J connectivity index is 1.35. The standard InChI is InChI=1S/C24H29N3O3/c28-17-16-27-14-12-26(13-15-27)11-6-18-29-24-23(19-20-7-2-1-3-8-20)30-22-10-5-4-9-21(22)25-24/h1-5,7-10,19,28H,6,11-18H2. The van der Waals surface area contributed by atoms with Gasteiger partial charge in [-0.05, 0) is 30.2 Å². The van der Waals surface area contributed by atoms with Gasteiger partial charge in [0.1, 0.15) is 5.69 Å². The number of fused-ring (bicyclic) bond motifs is 1. The molecular formula is C24H29N3O3. The smallest absolute Gasteiger partial charge is 0.258 e. The molecule has 158 valence electrons. The first-order valence-corrected chi connectivity index (χ1v) is 10.6. The van der Waals surface area contributed by atoms with E-state index in [4.69, 9.17) is 19.6 Å². The Bertz CT molecular complexity index is 874. The van der Waals surface area contributed by atoms with Crippen molar-refractivity contribution in [1.82, 2.24) is 9.80 Å². The molecule has 0 spiro atoms. The number of piperazine rings is 1. The number of aliphatic imine (C=N–C) groups is 1. The van der Waals surface area contributed by atoms with E-state index in [9.17, 15) is 0 Å². The van der Waals surface area contributed by atoms with Gasteiger partial charge in [0.05, 0.1) is 13.2 Å². The molecule has 2 aromatic carbocycles. The van der Waals surface area contributed by atoms with Crippen molar-refractivity contribution in [2.24, 2.45) is 4.99 Å². The quantitative estimate of drug-likeness (QED) is 0.715. The van der Waals surface area contributed by atoms with Gasteiger partial charge in [-0.25, -0.2) is 4.99 Å². The van der Waals surface area contributed by atoms with Crippen LogP contribution in [-0.2, 0) is 4.74 Å². The van der Waals surface area contributed by atoms with E-state index in [0.717, 1.165) is 62.7 Å². The summed E-state index contributed by atoms with van der Waals surface area (Å²) in [6.45, 7) is 6.70. The molecule has 2 aromatic rings. The van der Waals surface area contributed by atoms with E-state index >= 15 is 0 Å². The van der Waals surface area contributed by atoms with Gasteiger partial charge in [-0.1, -0.05) is 42.5 Å². The summed E-state index contributed by atoms with van der Waals surface area (Å²) in [4.78, 5) is 9.45. The predicted octanol–water partition coefficient (Wildman–Crippen LogP) is 3.17. The van der Waals surface area contributed by atoms with Crippen LogP contribution in [0, 0.1) is 0 Å². The van der Waals surface area contributed by atoms with Crippen molar-refractivity contribution in [3.8, 4) is 5.75 Å². The first-order chi connectivity index (χ1) is 14.8. The van der Waals surface area contributed by atoms with Crippen molar-refractivity contribution in [2.45, 2.75) is 6.42 Å². The predicted molar refractivity (Wildman–Crippen MR) is 119 cm³/mol. The van der Waals surface area contributed by atoms with Crippen LogP contribution in [-0.4, -0.2) is 73.3 Å². The second kappa shape index (κ2) is 10.4. The molecule has 0 saturated carbocycles. The number of para-hydroxylation sites is 2. The topological polar surface area (TPSA) is 57.5 Å². The normalized spacial score (nSPS) is 18.6. The molecule has 6 nitrogen and oxygen atoms in total. The number of β-amino-alcohol motifs (C(OH)–C–C–N with tert-alkyl or cyclic N) is 1. The largest absolute Gasteiger partial charge is 0.475 e. The lowest BCUT2D eigenvalue weighted by atomic mass is 10.2. The number of hydrogen-bond acceptors (Lipinski definition) is 6. The van der Waals surface area contributed by atoms with Gasteiger partial charge >= 0.3 is 0 Å². The fourth-order valence-electron chi connectivity index (χ4n) is 3.69. The van der Waals surface area contributed by atoms with E-state index < -0.39 is 0 Å². The van der Waals surface area contributed by atoms with Gasteiger partial charge < -0.3 is 19.5 Å². The highest BCUT2D eigenvalue weighted by Gasteiger charge is 2.21. The van der Waals surface area contributed by atoms with E-state index in [1.165, 1.54) is 0 Å². The van der Waals surface area contributed by atoms with Gasteiger partial charge in [-0.15, -0.1) is 0 Å². The first-order valence-electron chi connectivity index (χ1n) is 10.6. The first kappa shape index (κ1) is 20.6. The van der Waals surface area contributed by atoms with Gasteiger partial charge in [-0.2, -0.15) is 0 Å². The minimum absolute atomic E-state index is 0.236. The zero-order chi connectivity index (χ0) is 20.6. The molecular weight excluding hydrogens is 378 g/mol. The lowest BCUT2D eigenvalue weighted by molar-refractivity contribution is 0.108. The lowest BCUT2D eigenvalue weighted by Crippen LogP contribution is -2.47. The third-order valence-electron chi connectivity index (χ3n) is 5.35. The highest BCUT2D eigenvalue weighted by Crippen LogP contribution is 2.34. The Kier molecular flexibility index (Phi) is 7.13. The number of nitrogens with zero attached hydrogens (tertiary/aromatic N) is 3. The lowest BCUT2D eigenvalue weighted by Gasteiger charge is -2.34. The molecule has 0 atom stereocenters. The molecule has 6 heteroatoms. The number of benzene rings is 2. The van der Waals surface area contributed by atoms with Crippen LogP contribution < -0.4 is 4.74 Å². The summed E-state index contributed by atoms with van der Waals surface area (Å²) >= 11 is 0. The number of aliphatic hydroxyl groups excluding tert-OH is 1. The second-order valence-corrected chi connectivity index (χ2v) is 7.51. The third kappa shape index (κ3) is 5.48. The van der Waals surface area contributed by atoms with Crippen LogP contribution in [0.25, 0.3) is 6.08 Å². The summed E-state index contributed by atoms with van der Waals surface area (Å²) in [6.07, 6.45) is 2.90. The maximum atomic E-state index is 9.06. The molecule has 0 amide bonds. The van der Waals surface area contributed by atoms with Gasteiger partial charge in [-0.3, -0.25) is 4.90 Å². The van der Waals surface area contributed by atoms with E-state index in [0.29, 0.717) is 18.3 Å². The zero-order valence-electron chi connectivity index (χ0n) is 17.2. The summed E-state index contributed by atoms with van der Waals surface area (Å²) in [6, 6.07) is 17.8. The van der Waals surface area contributed by atoms with Crippen LogP contribution in [0.4, 0.5) is 5.69 Å². The van der Waals surface area contributed by atoms with Crippen LogP contribution in [0.3, 0.4) is 0 Å². The fraction of sp³-hybridized carbons (Fsp3) is 0.375. The Hall–Kier alpha value is -2.67. The summed E-state index contributed by atoms with van der Waals surface area (Å²) in [7, 11) is 0. The molecule has 2 heterocycles. The minimum atomic E-state index is 0.236. The number of hydrogen-bond donors (Lipinski definition) is 1. The minimum Gasteiger partial charge on any atom is -0.475 e. The van der Waals surface area contributed by atoms with Crippen molar-refractivity contribution in [2.75, 3.05) is 52.5 Å². The van der Waals surface area contributed by atoms with Gasteiger partial charge in [0, 0.05) is 39.3 Å². The molecule has 1 N–H and O–H groups in total. The summed E-state index contributed by atoms with van der Waals surface area (Å²) < 4.78 is 12.2. The third-order valence-corrected chi connectivity index (χ3v) is 5.35. The maximum Gasteiger partial charge on any atom is 0.258 e. The van der Waals surface area contributed by atoms with Crippen molar-refractivity contribution < 1.29 is 14.6 Å². The van der Waals surface area contributed by atoms with E-state index in [1.807, 2.05) is 60.7 Å². The van der Waals surface area contributed by atoms with Gasteiger partial charge in [0.25, 0.3) is 5.90 Å². The van der Waals surface area contributed by atoms with Crippen LogP contribution in [0.15, 0.2) is 65.3 Å². The number of rotatable bonds is 7. The monoisotopic (exact) mass is 407 g/mol. The van der Waals surface area contributed by atoms with Crippen molar-refractivity contribution in [3.05, 3.63) is 65.9 Å². The van der Waals surface area contributed by atoms with Gasteiger partial charge in [0.15, 0.2) is 11.5 Å². The van der Waals surface area contributed by atoms with Crippen molar-refractivity contribution >= 4 is 17.7 Å². The van der Waals surface area contributed by atoms with Crippen molar-refractivity contribution in [3.63, 3.8) is 0 Å². The average molecular weight is 408 g/mol. The molecule has 2 aliphatic heterocycles. The molecule has 1 saturated heterocycles. The SMILES string of the molecule is OCCN1CCN(CCCOC2=Nc3ccccc3OC2=Cc2ccccc2)CC1. The maximum absolute atomic E-state index is 9.06. The molecule has 0 radical (unpaired) electrons. The van der Waals surface area contributed by atoms with E-state index in [-0.39, 0.29) is 6.61 Å². The van der Waals surface area contributed by atoms with Crippen LogP contribution >= 0.6 is 0 Å². The van der Waals surface area contributed by atoms with Crippen LogP contribution in [0.5, 0.6) is 5.75 Å². The van der Waals surface area contributed by atoms with E-state index in [1.54, 1.807) is 0 Å². The van der Waals surface area contributed by atoms with Crippen molar-refractivity contribution in [1.29, 1.82) is 0 Å². The summed E-state index contributed by atoms with van der Waals surface area (Å²) in [5, 5.41) is 9.06. The Morgan fingerprint density at radius 1 is 0.933 bits per heavy atom. The molecule has 0 unspecified atom stereocenters. The highest BCUT2D eigenvalue weighted by atomic mass is 16.5. The summed E-state index contributed by atoms with van der Waals surface area (Å²) in [5.74, 6) is 1.91. The Morgan fingerprint density at radius 3 is 2.40 bits per heavy atom. The molecule has 4 rings (SSSR count). The Labute approximate surface area is 178 Å². The van der Waals surface area contributed by atoms with E-state index in [2.05, 4.69) is 9.80 Å². The average Bonchev–Trinajstić information content (AvgIpc) is 2.79. The Morgan fingerprint density at radius 2 is 1.63 bits per heavy atom. The van der Waals surface area contributed by atoms with Crippen LogP contribution in [0.2, 0.25) is 0 Å². The number of ether oxygens (including phenoxy) is 2. The fourth-order valence-corrected chi connectivity index (χ4v) is 3.69. The number of aliphatic hydroxyl groups is 1. The van der Waals surface area contributed by atoms with Gasteiger partial charge in [0.2, 0.25) is 0 Å². The molecule has 1 fully saturated rings. The second-order valence-electron chi connectivity index (χ2n) is 7.51. The summed E-state index contributed by atoms with van der Waals surface area (Å²) in [5.41, 5.74) is 1.83. The molecule has 0 bridgehead atoms. The molecule has 0 aromatic heterocycles. The molecule has 30 heavy (non-hydrogen) atoms. The highest BCUT2D eigenvalue weighted by molar-refractivity contribution is 5.99. The molecule has 0 aliphatic carbocycles. The zero-order valence-corrected chi connectivity index (χ0v) is 17.2.